The number of para-hydroxylation sites is 1. The number of nitrogens with zero attached hydrogens (tertiary/aromatic N) is 2. The zero-order chi connectivity index (χ0) is 20.1. The molecule has 1 aromatic heterocycles. The Bertz CT molecular complexity index is 970. The van der Waals surface area contributed by atoms with Gasteiger partial charge in [0.15, 0.2) is 9.84 Å². The van der Waals surface area contributed by atoms with E-state index in [1.165, 1.54) is 25.1 Å². The molecule has 1 atom stereocenters. The molecule has 1 saturated carbocycles. The third kappa shape index (κ3) is 6.16. The monoisotopic (exact) mass is 401 g/mol. The van der Waals surface area contributed by atoms with Gasteiger partial charge in [0.1, 0.15) is 17.1 Å². The first kappa shape index (κ1) is 20.0. The number of hydrogen-bond donors (Lipinski definition) is 1. The molecular formula is C20H23N3O4S. The molecule has 28 heavy (non-hydrogen) atoms. The van der Waals surface area contributed by atoms with Crippen LogP contribution in [0.5, 0.6) is 11.6 Å². The van der Waals surface area contributed by atoms with E-state index in [0.29, 0.717) is 17.5 Å². The maximum atomic E-state index is 12.7. The number of rotatable bonds is 8. The summed E-state index contributed by atoms with van der Waals surface area (Å²) in [5.41, 5.74) is 0.197. The topological polar surface area (TPSA) is 98.2 Å². The number of amides is 1. The summed E-state index contributed by atoms with van der Waals surface area (Å²) in [7, 11) is -3.26. The Hall–Kier alpha value is -2.74. The average Bonchev–Trinajstić information content (AvgIpc) is 3.44. The van der Waals surface area contributed by atoms with Crippen LogP contribution < -0.4 is 10.1 Å². The third-order valence-corrected chi connectivity index (χ3v) is 4.80. The number of carbonyl (C=O) groups is 1. The van der Waals surface area contributed by atoms with E-state index in [1.54, 1.807) is 19.1 Å². The van der Waals surface area contributed by atoms with Crippen LogP contribution in [0.25, 0.3) is 0 Å². The van der Waals surface area contributed by atoms with E-state index in [1.807, 2.05) is 18.2 Å². The smallest absolute Gasteiger partial charge is 0.258 e. The van der Waals surface area contributed by atoms with Gasteiger partial charge in [-0.15, -0.1) is 0 Å². The lowest BCUT2D eigenvalue weighted by molar-refractivity contribution is 0.0943. The lowest BCUT2D eigenvalue weighted by Crippen LogP contribution is -2.31. The van der Waals surface area contributed by atoms with Gasteiger partial charge in [0.05, 0.1) is 0 Å². The van der Waals surface area contributed by atoms with Crippen molar-refractivity contribution in [3.8, 4) is 11.6 Å². The van der Waals surface area contributed by atoms with Crippen molar-refractivity contribution in [2.75, 3.05) is 6.26 Å². The van der Waals surface area contributed by atoms with Gasteiger partial charge in [0, 0.05) is 30.3 Å². The molecule has 0 bridgehead atoms. The zero-order valence-electron chi connectivity index (χ0n) is 15.8. The van der Waals surface area contributed by atoms with Crippen molar-refractivity contribution in [1.29, 1.82) is 0 Å². The second kappa shape index (κ2) is 8.52. The van der Waals surface area contributed by atoms with E-state index in [-0.39, 0.29) is 11.4 Å². The van der Waals surface area contributed by atoms with Gasteiger partial charge in [0.25, 0.3) is 5.91 Å². The lowest BCUT2D eigenvalue weighted by atomic mass is 10.2. The van der Waals surface area contributed by atoms with Gasteiger partial charge in [-0.3, -0.25) is 4.79 Å². The molecule has 1 heterocycles. The van der Waals surface area contributed by atoms with Crippen LogP contribution in [0.3, 0.4) is 0 Å². The van der Waals surface area contributed by atoms with Gasteiger partial charge < -0.3 is 10.1 Å². The summed E-state index contributed by atoms with van der Waals surface area (Å²) in [6.45, 7) is 1.68. The molecule has 0 spiro atoms. The molecule has 1 aliphatic rings. The third-order valence-electron chi connectivity index (χ3n) is 4.15. The molecule has 1 aliphatic carbocycles. The van der Waals surface area contributed by atoms with Crippen molar-refractivity contribution in [1.82, 2.24) is 15.3 Å². The minimum atomic E-state index is -3.26. The van der Waals surface area contributed by atoms with Crippen molar-refractivity contribution < 1.29 is 17.9 Å². The summed E-state index contributed by atoms with van der Waals surface area (Å²) in [5.74, 6) is 1.57. The van der Waals surface area contributed by atoms with Crippen LogP contribution in [-0.2, 0) is 16.3 Å². The maximum Gasteiger partial charge on any atom is 0.258 e. The maximum absolute atomic E-state index is 12.7. The number of sulfone groups is 1. The van der Waals surface area contributed by atoms with Gasteiger partial charge >= 0.3 is 0 Å². The van der Waals surface area contributed by atoms with E-state index in [2.05, 4.69) is 15.3 Å². The Balaban J connectivity index is 1.81. The molecule has 8 heteroatoms. The highest BCUT2D eigenvalue weighted by molar-refractivity contribution is 7.93. The fourth-order valence-electron chi connectivity index (χ4n) is 2.51. The molecular weight excluding hydrogens is 378 g/mol. The average molecular weight is 401 g/mol. The number of nitrogens with one attached hydrogen (secondary N) is 1. The van der Waals surface area contributed by atoms with Crippen LogP contribution >= 0.6 is 0 Å². The van der Waals surface area contributed by atoms with Gasteiger partial charge in [-0.1, -0.05) is 24.3 Å². The minimum Gasteiger partial charge on any atom is -0.438 e. The van der Waals surface area contributed by atoms with Crippen molar-refractivity contribution in [2.24, 2.45) is 5.92 Å². The molecule has 148 valence electrons. The number of ether oxygens (including phenoxy) is 1. The van der Waals surface area contributed by atoms with E-state index in [4.69, 9.17) is 4.74 Å². The second-order valence-corrected chi connectivity index (χ2v) is 8.92. The molecule has 0 aliphatic heterocycles. The first-order chi connectivity index (χ1) is 13.3. The normalized spacial score (nSPS) is 15.4. The summed E-state index contributed by atoms with van der Waals surface area (Å²) in [4.78, 5) is 21.4. The standard InChI is InChI=1S/C20H23N3O4S/c1-14(10-11-28(2,25)26)22-19(24)17-13-21-18(12-15-8-9-15)23-20(17)27-16-6-4-3-5-7-16/h3-7,10-11,13-15H,8-9,12H2,1-2H3,(H,22,24)/b11-10+/t14-/m0/s1. The fourth-order valence-corrected chi connectivity index (χ4v) is 3.03. The van der Waals surface area contributed by atoms with Gasteiger partial charge in [0.2, 0.25) is 5.88 Å². The molecule has 7 nitrogen and oxygen atoms in total. The summed E-state index contributed by atoms with van der Waals surface area (Å²) in [5, 5.41) is 3.78. The Kier molecular flexibility index (Phi) is 6.08. The SMILES string of the molecule is C[C@@H](/C=C/S(C)(=O)=O)NC(=O)c1cnc(CC2CC2)nc1Oc1ccccc1. The number of benzene rings is 1. The van der Waals surface area contributed by atoms with Crippen LogP contribution in [0, 0.1) is 5.92 Å². The second-order valence-electron chi connectivity index (χ2n) is 6.99. The molecule has 1 N–H and O–H groups in total. The summed E-state index contributed by atoms with van der Waals surface area (Å²) >= 11 is 0. The Morgan fingerprint density at radius 1 is 1.32 bits per heavy atom. The highest BCUT2D eigenvalue weighted by Gasteiger charge is 2.24. The van der Waals surface area contributed by atoms with Crippen molar-refractivity contribution in [3.05, 3.63) is 59.4 Å². The number of aromatic nitrogens is 2. The summed E-state index contributed by atoms with van der Waals surface area (Å²) in [6, 6.07) is 8.61. The molecule has 0 unspecified atom stereocenters. The highest BCUT2D eigenvalue weighted by atomic mass is 32.2. The minimum absolute atomic E-state index is 0.189. The first-order valence-corrected chi connectivity index (χ1v) is 11.0. The summed E-state index contributed by atoms with van der Waals surface area (Å²) < 4.78 is 28.3. The van der Waals surface area contributed by atoms with Crippen molar-refractivity contribution in [3.63, 3.8) is 0 Å². The van der Waals surface area contributed by atoms with Gasteiger partial charge in [-0.25, -0.2) is 13.4 Å². The van der Waals surface area contributed by atoms with E-state index in [0.717, 1.165) is 18.1 Å². The predicted molar refractivity (Wildman–Crippen MR) is 106 cm³/mol. The lowest BCUT2D eigenvalue weighted by Gasteiger charge is -2.13. The summed E-state index contributed by atoms with van der Waals surface area (Å²) in [6.07, 6.45) is 7.07. The first-order valence-electron chi connectivity index (χ1n) is 9.08. The Morgan fingerprint density at radius 2 is 2.04 bits per heavy atom. The Morgan fingerprint density at radius 3 is 2.68 bits per heavy atom. The number of carbonyl (C=O) groups excluding carboxylic acids is 1. The molecule has 0 radical (unpaired) electrons. The van der Waals surface area contributed by atoms with Crippen LogP contribution in [0.2, 0.25) is 0 Å². The van der Waals surface area contributed by atoms with E-state index >= 15 is 0 Å². The molecule has 1 amide bonds. The molecule has 2 aromatic rings. The van der Waals surface area contributed by atoms with Crippen LogP contribution in [-0.4, -0.2) is 36.6 Å². The van der Waals surface area contributed by atoms with Crippen molar-refractivity contribution >= 4 is 15.7 Å². The van der Waals surface area contributed by atoms with Crippen LogP contribution in [0.15, 0.2) is 48.0 Å². The molecule has 0 saturated heterocycles. The fraction of sp³-hybridized carbons (Fsp3) is 0.350. The molecule has 1 aromatic carbocycles. The van der Waals surface area contributed by atoms with Crippen molar-refractivity contribution in [2.45, 2.75) is 32.2 Å². The molecule has 3 rings (SSSR count). The zero-order valence-corrected chi connectivity index (χ0v) is 16.6. The largest absolute Gasteiger partial charge is 0.438 e. The highest BCUT2D eigenvalue weighted by Crippen LogP contribution is 2.32. The Labute approximate surface area is 164 Å². The van der Waals surface area contributed by atoms with E-state index < -0.39 is 21.8 Å². The quantitative estimate of drug-likeness (QED) is 0.730. The van der Waals surface area contributed by atoms with Crippen LogP contribution in [0.4, 0.5) is 0 Å². The molecule has 1 fully saturated rings. The predicted octanol–water partition coefficient (Wildman–Crippen LogP) is 2.90. The van der Waals surface area contributed by atoms with Crippen LogP contribution in [0.1, 0.15) is 35.9 Å². The number of hydrogen-bond acceptors (Lipinski definition) is 6. The van der Waals surface area contributed by atoms with Gasteiger partial charge in [-0.05, 0) is 37.8 Å². The van der Waals surface area contributed by atoms with Gasteiger partial charge in [-0.2, -0.15) is 4.98 Å². The van der Waals surface area contributed by atoms with E-state index in [9.17, 15) is 13.2 Å².